The SMILES string of the molecule is Cc1ccccc1NS(=O)(=O)c1cc(C(=O)Nc2ccccc2Cl)ccc1Cl. The van der Waals surface area contributed by atoms with Crippen molar-refractivity contribution in [1.82, 2.24) is 0 Å². The van der Waals surface area contributed by atoms with Gasteiger partial charge in [-0.15, -0.1) is 0 Å². The Hall–Kier alpha value is -2.54. The summed E-state index contributed by atoms with van der Waals surface area (Å²) in [5.41, 5.74) is 1.75. The molecule has 0 aliphatic carbocycles. The van der Waals surface area contributed by atoms with Crippen molar-refractivity contribution >= 4 is 50.5 Å². The minimum absolute atomic E-state index is 0.00961. The monoisotopic (exact) mass is 434 g/mol. The van der Waals surface area contributed by atoms with Gasteiger partial charge in [-0.25, -0.2) is 8.42 Å². The summed E-state index contributed by atoms with van der Waals surface area (Å²) < 4.78 is 28.1. The van der Waals surface area contributed by atoms with Crippen LogP contribution in [0, 0.1) is 6.92 Å². The quantitative estimate of drug-likeness (QED) is 0.567. The molecule has 0 heterocycles. The number of amides is 1. The minimum atomic E-state index is -3.99. The van der Waals surface area contributed by atoms with E-state index in [1.165, 1.54) is 18.2 Å². The highest BCUT2D eigenvalue weighted by Gasteiger charge is 2.21. The predicted molar refractivity (Wildman–Crippen MR) is 113 cm³/mol. The minimum Gasteiger partial charge on any atom is -0.321 e. The van der Waals surface area contributed by atoms with Crippen molar-refractivity contribution in [3.8, 4) is 0 Å². The first-order chi connectivity index (χ1) is 13.3. The zero-order valence-corrected chi connectivity index (χ0v) is 17.1. The summed E-state index contributed by atoms with van der Waals surface area (Å²) in [7, 11) is -3.99. The number of benzene rings is 3. The van der Waals surface area contributed by atoms with Crippen LogP contribution in [0.15, 0.2) is 71.6 Å². The van der Waals surface area contributed by atoms with E-state index < -0.39 is 15.9 Å². The Bertz CT molecular complexity index is 1150. The molecule has 0 radical (unpaired) electrons. The molecule has 28 heavy (non-hydrogen) atoms. The van der Waals surface area contributed by atoms with E-state index in [-0.39, 0.29) is 15.5 Å². The summed E-state index contributed by atoms with van der Waals surface area (Å²) in [4.78, 5) is 12.4. The second kappa shape index (κ2) is 8.22. The molecule has 0 spiro atoms. The molecular formula is C20H16Cl2N2O3S. The second-order valence-corrected chi connectivity index (χ2v) is 8.46. The van der Waals surface area contributed by atoms with Crippen LogP contribution in [0.3, 0.4) is 0 Å². The molecular weight excluding hydrogens is 419 g/mol. The van der Waals surface area contributed by atoms with Gasteiger partial charge in [0.2, 0.25) is 0 Å². The highest BCUT2D eigenvalue weighted by Crippen LogP contribution is 2.27. The maximum atomic E-state index is 12.8. The van der Waals surface area contributed by atoms with E-state index in [0.717, 1.165) is 5.56 Å². The molecule has 2 N–H and O–H groups in total. The Labute approximate surface area is 173 Å². The van der Waals surface area contributed by atoms with Crippen LogP contribution in [0.25, 0.3) is 0 Å². The van der Waals surface area contributed by atoms with Crippen molar-refractivity contribution in [2.75, 3.05) is 10.0 Å². The second-order valence-electron chi connectivity index (χ2n) is 6.00. The van der Waals surface area contributed by atoms with Gasteiger partial charge in [-0.1, -0.05) is 53.5 Å². The Morgan fingerprint density at radius 2 is 1.50 bits per heavy atom. The largest absolute Gasteiger partial charge is 0.321 e. The van der Waals surface area contributed by atoms with Gasteiger partial charge < -0.3 is 5.32 Å². The zero-order chi connectivity index (χ0) is 20.3. The van der Waals surface area contributed by atoms with Crippen LogP contribution in [-0.4, -0.2) is 14.3 Å². The number of anilines is 2. The number of halogens is 2. The molecule has 0 saturated carbocycles. The first-order valence-corrected chi connectivity index (χ1v) is 10.5. The van der Waals surface area contributed by atoms with E-state index in [4.69, 9.17) is 23.2 Å². The van der Waals surface area contributed by atoms with Crippen molar-refractivity contribution < 1.29 is 13.2 Å². The van der Waals surface area contributed by atoms with Crippen LogP contribution >= 0.6 is 23.2 Å². The summed E-state index contributed by atoms with van der Waals surface area (Å²) in [6.45, 7) is 1.78. The highest BCUT2D eigenvalue weighted by atomic mass is 35.5. The number of sulfonamides is 1. The molecule has 0 atom stereocenters. The smallest absolute Gasteiger partial charge is 0.263 e. The third-order valence-electron chi connectivity index (χ3n) is 3.99. The van der Waals surface area contributed by atoms with Gasteiger partial charge in [0.15, 0.2) is 0 Å². The fraction of sp³-hybridized carbons (Fsp3) is 0.0500. The summed E-state index contributed by atoms with van der Waals surface area (Å²) in [5.74, 6) is -0.503. The normalized spacial score (nSPS) is 11.1. The summed E-state index contributed by atoms with van der Waals surface area (Å²) in [5, 5.41) is 3.04. The Kier molecular flexibility index (Phi) is 5.93. The fourth-order valence-electron chi connectivity index (χ4n) is 2.49. The van der Waals surface area contributed by atoms with E-state index in [0.29, 0.717) is 16.4 Å². The molecule has 0 aromatic heterocycles. The summed E-state index contributed by atoms with van der Waals surface area (Å²) in [6.07, 6.45) is 0. The van der Waals surface area contributed by atoms with E-state index in [1.54, 1.807) is 55.5 Å². The molecule has 5 nitrogen and oxygen atoms in total. The van der Waals surface area contributed by atoms with E-state index in [1.807, 2.05) is 0 Å². The third kappa shape index (κ3) is 4.47. The van der Waals surface area contributed by atoms with Gasteiger partial charge in [-0.2, -0.15) is 0 Å². The van der Waals surface area contributed by atoms with Gasteiger partial charge in [0.05, 0.1) is 21.4 Å². The number of rotatable bonds is 5. The van der Waals surface area contributed by atoms with E-state index in [2.05, 4.69) is 10.0 Å². The van der Waals surface area contributed by atoms with Crippen LogP contribution in [0.2, 0.25) is 10.0 Å². The third-order valence-corrected chi connectivity index (χ3v) is 6.17. The van der Waals surface area contributed by atoms with Crippen molar-refractivity contribution in [1.29, 1.82) is 0 Å². The summed E-state index contributed by atoms with van der Waals surface area (Å²) >= 11 is 12.2. The van der Waals surface area contributed by atoms with Crippen LogP contribution in [0.1, 0.15) is 15.9 Å². The molecule has 0 fully saturated rings. The standard InChI is InChI=1S/C20H16Cl2N2O3S/c1-13-6-2-4-8-17(13)24-28(26,27)19-12-14(10-11-16(19)22)20(25)23-18-9-5-3-7-15(18)21/h2-12,24H,1H3,(H,23,25). The molecule has 0 aliphatic rings. The molecule has 3 aromatic carbocycles. The van der Waals surface area contributed by atoms with Gasteiger partial charge in [0.25, 0.3) is 15.9 Å². The van der Waals surface area contributed by atoms with Crippen molar-refractivity contribution in [3.05, 3.63) is 87.9 Å². The van der Waals surface area contributed by atoms with Crippen LogP contribution < -0.4 is 10.0 Å². The van der Waals surface area contributed by atoms with E-state index >= 15 is 0 Å². The van der Waals surface area contributed by atoms with Crippen molar-refractivity contribution in [2.24, 2.45) is 0 Å². The Morgan fingerprint density at radius 3 is 2.18 bits per heavy atom. The van der Waals surface area contributed by atoms with Gasteiger partial charge in [0, 0.05) is 5.56 Å². The fourth-order valence-corrected chi connectivity index (χ4v) is 4.34. The Morgan fingerprint density at radius 1 is 0.857 bits per heavy atom. The number of aryl methyl sites for hydroxylation is 1. The van der Waals surface area contributed by atoms with Gasteiger partial charge in [-0.3, -0.25) is 9.52 Å². The average Bonchev–Trinajstić information content (AvgIpc) is 2.65. The van der Waals surface area contributed by atoms with Gasteiger partial charge >= 0.3 is 0 Å². The van der Waals surface area contributed by atoms with Crippen molar-refractivity contribution in [2.45, 2.75) is 11.8 Å². The van der Waals surface area contributed by atoms with Crippen LogP contribution in [0.5, 0.6) is 0 Å². The van der Waals surface area contributed by atoms with Crippen LogP contribution in [0.4, 0.5) is 11.4 Å². The molecule has 0 aliphatic heterocycles. The zero-order valence-electron chi connectivity index (χ0n) is 14.7. The maximum Gasteiger partial charge on any atom is 0.263 e. The van der Waals surface area contributed by atoms with Crippen molar-refractivity contribution in [3.63, 3.8) is 0 Å². The average molecular weight is 435 g/mol. The lowest BCUT2D eigenvalue weighted by Crippen LogP contribution is -2.17. The van der Waals surface area contributed by atoms with Crippen LogP contribution in [-0.2, 0) is 10.0 Å². The first kappa shape index (κ1) is 20.2. The summed E-state index contributed by atoms with van der Waals surface area (Å²) in [6, 6.07) is 17.8. The molecule has 3 aromatic rings. The number of carbonyl (C=O) groups is 1. The lowest BCUT2D eigenvalue weighted by Gasteiger charge is -2.13. The topological polar surface area (TPSA) is 75.3 Å². The first-order valence-electron chi connectivity index (χ1n) is 8.22. The maximum absolute atomic E-state index is 12.8. The lowest BCUT2D eigenvalue weighted by atomic mass is 10.2. The van der Waals surface area contributed by atoms with Gasteiger partial charge in [-0.05, 0) is 48.9 Å². The van der Waals surface area contributed by atoms with Gasteiger partial charge in [0.1, 0.15) is 4.90 Å². The predicted octanol–water partition coefficient (Wildman–Crippen LogP) is 5.35. The lowest BCUT2D eigenvalue weighted by molar-refractivity contribution is 0.102. The molecule has 8 heteroatoms. The molecule has 0 bridgehead atoms. The number of hydrogen-bond donors (Lipinski definition) is 2. The molecule has 3 rings (SSSR count). The number of carbonyl (C=O) groups excluding carboxylic acids is 1. The Balaban J connectivity index is 1.92. The number of para-hydroxylation sites is 2. The highest BCUT2D eigenvalue weighted by molar-refractivity contribution is 7.92. The molecule has 0 saturated heterocycles. The molecule has 144 valence electrons. The van der Waals surface area contributed by atoms with E-state index in [9.17, 15) is 13.2 Å². The number of nitrogens with one attached hydrogen (secondary N) is 2. The molecule has 1 amide bonds. The number of hydrogen-bond acceptors (Lipinski definition) is 3. The molecule has 0 unspecified atom stereocenters.